The van der Waals surface area contributed by atoms with E-state index in [2.05, 4.69) is 42.0 Å². The third kappa shape index (κ3) is 4.47. The summed E-state index contributed by atoms with van der Waals surface area (Å²) in [7, 11) is 1.61. The first-order valence-corrected chi connectivity index (χ1v) is 10.9. The topological polar surface area (TPSA) is 61.8 Å². The van der Waals surface area contributed by atoms with Crippen LogP contribution in [0.5, 0.6) is 5.75 Å². The van der Waals surface area contributed by atoms with Crippen molar-refractivity contribution in [1.29, 1.82) is 0 Å². The van der Waals surface area contributed by atoms with E-state index in [0.717, 1.165) is 42.3 Å². The lowest BCUT2D eigenvalue weighted by atomic mass is 10.1. The number of hydrogen-bond donors (Lipinski definition) is 0. The van der Waals surface area contributed by atoms with Gasteiger partial charge < -0.3 is 19.4 Å². The summed E-state index contributed by atoms with van der Waals surface area (Å²) in [6.07, 6.45) is 3.75. The Hall–Kier alpha value is -2.35. The van der Waals surface area contributed by atoms with E-state index in [9.17, 15) is 4.79 Å². The Bertz CT molecular complexity index is 847. The van der Waals surface area contributed by atoms with Gasteiger partial charge >= 0.3 is 0 Å². The van der Waals surface area contributed by atoms with Gasteiger partial charge in [-0.2, -0.15) is 0 Å². The largest absolute Gasteiger partial charge is 0.497 e. The number of amides is 1. The zero-order valence-corrected chi connectivity index (χ0v) is 18.3. The minimum absolute atomic E-state index is 0.0157. The predicted molar refractivity (Wildman–Crippen MR) is 117 cm³/mol. The van der Waals surface area contributed by atoms with Crippen LogP contribution in [0.3, 0.4) is 0 Å². The number of carbonyl (C=O) groups excluding carboxylic acids is 1. The van der Waals surface area contributed by atoms with Crippen LogP contribution in [0.2, 0.25) is 0 Å². The number of nitrogens with zero attached hydrogens (tertiary/aromatic N) is 5. The van der Waals surface area contributed by atoms with Crippen molar-refractivity contribution in [2.75, 3.05) is 56.2 Å². The molecular weight excluding hydrogens is 434 g/mol. The van der Waals surface area contributed by atoms with Crippen LogP contribution in [0.25, 0.3) is 0 Å². The van der Waals surface area contributed by atoms with Gasteiger partial charge in [0.2, 0.25) is 0 Å². The highest BCUT2D eigenvalue weighted by atomic mass is 79.9. The summed E-state index contributed by atoms with van der Waals surface area (Å²) < 4.78 is 6.04. The molecular formula is C21H26BrN5O2. The van der Waals surface area contributed by atoms with Crippen LogP contribution < -0.4 is 14.5 Å². The quantitative estimate of drug-likeness (QED) is 0.699. The first kappa shape index (κ1) is 19.9. The number of methoxy groups -OCH3 is 1. The number of ether oxygens (including phenoxy) is 1. The van der Waals surface area contributed by atoms with E-state index >= 15 is 0 Å². The Balaban J connectivity index is 1.37. The third-order valence-electron chi connectivity index (χ3n) is 5.61. The van der Waals surface area contributed by atoms with E-state index in [1.165, 1.54) is 19.3 Å². The molecule has 8 heteroatoms. The zero-order valence-electron chi connectivity index (χ0n) is 16.7. The highest BCUT2D eigenvalue weighted by Gasteiger charge is 2.25. The molecule has 0 N–H and O–H groups in total. The normalized spacial score (nSPS) is 17.4. The molecule has 7 nitrogen and oxygen atoms in total. The molecule has 0 unspecified atom stereocenters. The van der Waals surface area contributed by atoms with Crippen LogP contribution in [0, 0.1) is 0 Å². The summed E-state index contributed by atoms with van der Waals surface area (Å²) in [5.74, 6) is 2.53. The van der Waals surface area contributed by atoms with Crippen molar-refractivity contribution in [2.45, 2.75) is 19.3 Å². The zero-order chi connectivity index (χ0) is 20.2. The van der Waals surface area contributed by atoms with Crippen molar-refractivity contribution in [3.05, 3.63) is 40.4 Å². The molecule has 0 bridgehead atoms. The number of hydrogen-bond acceptors (Lipinski definition) is 6. The Morgan fingerprint density at radius 3 is 2.10 bits per heavy atom. The Labute approximate surface area is 179 Å². The number of rotatable bonds is 4. The summed E-state index contributed by atoms with van der Waals surface area (Å²) in [4.78, 5) is 19.3. The number of benzene rings is 1. The van der Waals surface area contributed by atoms with Gasteiger partial charge in [-0.3, -0.25) is 4.79 Å². The number of anilines is 2. The molecule has 1 aromatic carbocycles. The molecule has 0 spiro atoms. The van der Waals surface area contributed by atoms with Crippen LogP contribution in [-0.2, 0) is 0 Å². The molecule has 0 atom stereocenters. The fourth-order valence-electron chi connectivity index (χ4n) is 3.88. The molecule has 1 amide bonds. The van der Waals surface area contributed by atoms with E-state index in [1.54, 1.807) is 13.2 Å². The fourth-order valence-corrected chi connectivity index (χ4v) is 4.30. The van der Waals surface area contributed by atoms with Gasteiger partial charge in [-0.15, -0.1) is 10.2 Å². The highest BCUT2D eigenvalue weighted by Crippen LogP contribution is 2.25. The van der Waals surface area contributed by atoms with Crippen LogP contribution in [0.15, 0.2) is 34.8 Å². The van der Waals surface area contributed by atoms with Gasteiger partial charge in [0, 0.05) is 43.7 Å². The molecule has 0 saturated carbocycles. The van der Waals surface area contributed by atoms with Gasteiger partial charge in [-0.1, -0.05) is 0 Å². The minimum Gasteiger partial charge on any atom is -0.497 e. The highest BCUT2D eigenvalue weighted by molar-refractivity contribution is 9.10. The lowest BCUT2D eigenvalue weighted by molar-refractivity contribution is 0.0745. The van der Waals surface area contributed by atoms with Crippen LogP contribution in [0.1, 0.15) is 29.6 Å². The number of halogens is 1. The molecule has 1 aromatic heterocycles. The molecule has 2 aliphatic heterocycles. The second kappa shape index (κ2) is 8.98. The number of piperidine rings is 1. The molecule has 2 aromatic rings. The van der Waals surface area contributed by atoms with Gasteiger partial charge in [0.25, 0.3) is 5.91 Å². The molecule has 0 aliphatic carbocycles. The maximum Gasteiger partial charge on any atom is 0.255 e. The molecule has 29 heavy (non-hydrogen) atoms. The van der Waals surface area contributed by atoms with Crippen molar-refractivity contribution in [2.24, 2.45) is 0 Å². The van der Waals surface area contributed by atoms with Crippen molar-refractivity contribution in [3.8, 4) is 5.75 Å². The summed E-state index contributed by atoms with van der Waals surface area (Å²) >= 11 is 3.48. The van der Waals surface area contributed by atoms with E-state index in [1.807, 2.05) is 23.1 Å². The molecule has 2 saturated heterocycles. The molecule has 154 valence electrons. The van der Waals surface area contributed by atoms with E-state index < -0.39 is 0 Å². The number of aromatic nitrogens is 2. The third-order valence-corrected chi connectivity index (χ3v) is 6.30. The number of carbonyl (C=O) groups is 1. The summed E-state index contributed by atoms with van der Waals surface area (Å²) in [6, 6.07) is 9.59. The average molecular weight is 460 g/mol. The van der Waals surface area contributed by atoms with Crippen molar-refractivity contribution >= 4 is 33.5 Å². The average Bonchev–Trinajstić information content (AvgIpc) is 2.80. The van der Waals surface area contributed by atoms with E-state index in [0.29, 0.717) is 24.4 Å². The monoisotopic (exact) mass is 459 g/mol. The van der Waals surface area contributed by atoms with Gasteiger partial charge in [-0.05, 0) is 65.5 Å². The summed E-state index contributed by atoms with van der Waals surface area (Å²) in [5, 5.41) is 8.89. The predicted octanol–water partition coefficient (Wildman–Crippen LogP) is 3.20. The maximum atomic E-state index is 12.9. The maximum absolute atomic E-state index is 12.9. The van der Waals surface area contributed by atoms with Gasteiger partial charge in [0.1, 0.15) is 5.75 Å². The molecule has 0 radical (unpaired) electrons. The van der Waals surface area contributed by atoms with Crippen LogP contribution in [-0.4, -0.2) is 67.4 Å². The Morgan fingerprint density at radius 1 is 0.897 bits per heavy atom. The van der Waals surface area contributed by atoms with Crippen molar-refractivity contribution < 1.29 is 9.53 Å². The standard InChI is InChI=1S/C21H26BrN5O2/c1-29-16-5-6-18(22)17(15-16)21(28)27-13-11-26(12-14-27)20-8-7-19(23-24-20)25-9-3-2-4-10-25/h5-8,15H,2-4,9-14H2,1H3. The summed E-state index contributed by atoms with van der Waals surface area (Å²) in [5.41, 5.74) is 0.628. The smallest absolute Gasteiger partial charge is 0.255 e. The van der Waals surface area contributed by atoms with Crippen LogP contribution in [0.4, 0.5) is 11.6 Å². The summed E-state index contributed by atoms with van der Waals surface area (Å²) in [6.45, 7) is 4.91. The van der Waals surface area contributed by atoms with Crippen LogP contribution >= 0.6 is 15.9 Å². The first-order chi connectivity index (χ1) is 14.2. The fraction of sp³-hybridized carbons (Fsp3) is 0.476. The second-order valence-electron chi connectivity index (χ2n) is 7.42. The first-order valence-electron chi connectivity index (χ1n) is 10.1. The van der Waals surface area contributed by atoms with Gasteiger partial charge in [0.15, 0.2) is 11.6 Å². The lowest BCUT2D eigenvalue weighted by Crippen LogP contribution is -2.49. The van der Waals surface area contributed by atoms with Gasteiger partial charge in [-0.25, -0.2) is 0 Å². The molecule has 4 rings (SSSR count). The Kier molecular flexibility index (Phi) is 6.18. The minimum atomic E-state index is 0.0157. The Morgan fingerprint density at radius 2 is 1.52 bits per heavy atom. The molecule has 3 heterocycles. The number of piperazine rings is 1. The SMILES string of the molecule is COc1ccc(Br)c(C(=O)N2CCN(c3ccc(N4CCCCC4)nn3)CC2)c1. The lowest BCUT2D eigenvalue weighted by Gasteiger charge is -2.35. The second-order valence-corrected chi connectivity index (χ2v) is 8.28. The van der Waals surface area contributed by atoms with Gasteiger partial charge in [0.05, 0.1) is 12.7 Å². The van der Waals surface area contributed by atoms with E-state index in [4.69, 9.17) is 4.74 Å². The molecule has 2 fully saturated rings. The van der Waals surface area contributed by atoms with Crippen molar-refractivity contribution in [3.63, 3.8) is 0 Å². The molecule has 2 aliphatic rings. The van der Waals surface area contributed by atoms with E-state index in [-0.39, 0.29) is 5.91 Å². The van der Waals surface area contributed by atoms with Crippen molar-refractivity contribution in [1.82, 2.24) is 15.1 Å².